The van der Waals surface area contributed by atoms with Crippen molar-refractivity contribution in [1.29, 1.82) is 0 Å². The van der Waals surface area contributed by atoms with Crippen LogP contribution in [0.25, 0.3) is 0 Å². The molecular weight excluding hydrogens is 584 g/mol. The van der Waals surface area contributed by atoms with Crippen LogP contribution in [0.3, 0.4) is 0 Å². The molecule has 2 aliphatic heterocycles. The number of carbonyl (C=O) groups is 3. The maximum atomic E-state index is 14.0. The third-order valence-corrected chi connectivity index (χ3v) is 10.6. The van der Waals surface area contributed by atoms with Crippen molar-refractivity contribution in [3.05, 3.63) is 65.7 Å². The summed E-state index contributed by atoms with van der Waals surface area (Å²) in [4.78, 5) is 44.6. The van der Waals surface area contributed by atoms with Crippen LogP contribution in [0, 0.1) is 11.8 Å². The molecule has 2 aromatic rings. The number of ether oxygens (including phenoxy) is 1. The van der Waals surface area contributed by atoms with Gasteiger partial charge in [0.1, 0.15) is 11.6 Å². The maximum absolute atomic E-state index is 14.0. The van der Waals surface area contributed by atoms with Crippen molar-refractivity contribution in [3.8, 4) is 0 Å². The number of nitrogens with one attached hydrogen (secondary N) is 3. The van der Waals surface area contributed by atoms with E-state index in [1.165, 1.54) is 0 Å². The average Bonchev–Trinajstić information content (AvgIpc) is 3.55. The first kappa shape index (κ1) is 33.5. The number of piperidine rings is 1. The quantitative estimate of drug-likeness (QED) is 0.273. The molecule has 0 radical (unpaired) electrons. The van der Waals surface area contributed by atoms with Crippen molar-refractivity contribution < 1.29 is 19.1 Å². The summed E-state index contributed by atoms with van der Waals surface area (Å²) in [6, 6.07) is 16.6. The number of hydrogen-bond acceptors (Lipinski definition) is 6. The van der Waals surface area contributed by atoms with Gasteiger partial charge in [-0.2, -0.15) is 0 Å². The fourth-order valence-electron chi connectivity index (χ4n) is 6.94. The summed E-state index contributed by atoms with van der Waals surface area (Å²) in [7, 11) is 0. The number of rotatable bonds is 13. The summed E-state index contributed by atoms with van der Waals surface area (Å²) in [6.45, 7) is 7.74. The van der Waals surface area contributed by atoms with Crippen LogP contribution in [0.2, 0.25) is 0 Å². The number of amides is 3. The predicted octanol–water partition coefficient (Wildman–Crippen LogP) is 4.82. The molecule has 9 heteroatoms. The molecule has 1 atom stereocenters. The van der Waals surface area contributed by atoms with Crippen LogP contribution < -0.4 is 16.0 Å². The topological polar surface area (TPSA) is 99.8 Å². The SMILES string of the molecule is CCSc1ccc(C(=O)NC2(C(=O)N[C@H](Cc3ccccc3)C(=O)NCC3CCN(CC4CCOCC4)CC3)CCCC2)cc1. The van der Waals surface area contributed by atoms with Crippen molar-refractivity contribution in [2.75, 3.05) is 45.1 Å². The van der Waals surface area contributed by atoms with Gasteiger partial charge in [-0.1, -0.05) is 50.1 Å². The normalized spacial score (nSPS) is 19.9. The van der Waals surface area contributed by atoms with Gasteiger partial charge in [0.05, 0.1) is 0 Å². The molecule has 2 aromatic carbocycles. The second kappa shape index (κ2) is 16.6. The van der Waals surface area contributed by atoms with E-state index in [1.807, 2.05) is 54.6 Å². The molecule has 2 saturated heterocycles. The Morgan fingerprint density at radius 3 is 2.29 bits per heavy atom. The number of hydrogen-bond donors (Lipinski definition) is 3. The lowest BCUT2D eigenvalue weighted by molar-refractivity contribution is -0.132. The molecule has 0 aromatic heterocycles. The minimum atomic E-state index is -1.03. The van der Waals surface area contributed by atoms with Gasteiger partial charge in [0.15, 0.2) is 0 Å². The van der Waals surface area contributed by atoms with E-state index in [1.54, 1.807) is 11.8 Å². The van der Waals surface area contributed by atoms with E-state index in [4.69, 9.17) is 4.74 Å². The Balaban J connectivity index is 1.19. The molecule has 1 saturated carbocycles. The fraction of sp³-hybridized carbons (Fsp3) is 0.583. The molecule has 8 nitrogen and oxygen atoms in total. The van der Waals surface area contributed by atoms with E-state index < -0.39 is 11.6 Å². The molecule has 244 valence electrons. The third-order valence-electron chi connectivity index (χ3n) is 9.71. The van der Waals surface area contributed by atoms with Crippen molar-refractivity contribution in [1.82, 2.24) is 20.9 Å². The minimum absolute atomic E-state index is 0.166. The molecule has 3 amide bonds. The number of benzene rings is 2. The highest BCUT2D eigenvalue weighted by atomic mass is 32.2. The highest BCUT2D eigenvalue weighted by Crippen LogP contribution is 2.31. The van der Waals surface area contributed by atoms with E-state index in [-0.39, 0.29) is 17.7 Å². The van der Waals surface area contributed by atoms with E-state index in [2.05, 4.69) is 27.8 Å². The molecule has 2 heterocycles. The van der Waals surface area contributed by atoms with Gasteiger partial charge in [0, 0.05) is 43.2 Å². The molecule has 3 N–H and O–H groups in total. The third kappa shape index (κ3) is 9.56. The van der Waals surface area contributed by atoms with Gasteiger partial charge in [-0.05, 0) is 99.0 Å². The molecule has 1 aliphatic carbocycles. The Hall–Kier alpha value is -2.88. The van der Waals surface area contributed by atoms with Gasteiger partial charge in [0.25, 0.3) is 5.91 Å². The van der Waals surface area contributed by atoms with Crippen LogP contribution in [0.4, 0.5) is 0 Å². The van der Waals surface area contributed by atoms with E-state index in [0.29, 0.717) is 37.3 Å². The lowest BCUT2D eigenvalue weighted by atomic mass is 9.93. The summed E-state index contributed by atoms with van der Waals surface area (Å²) >= 11 is 1.72. The largest absolute Gasteiger partial charge is 0.381 e. The van der Waals surface area contributed by atoms with Gasteiger partial charge in [0.2, 0.25) is 11.8 Å². The Bertz CT molecular complexity index is 1240. The summed E-state index contributed by atoms with van der Waals surface area (Å²) < 4.78 is 5.52. The molecular formula is C36H50N4O4S. The monoisotopic (exact) mass is 634 g/mol. The van der Waals surface area contributed by atoms with Crippen LogP contribution in [0.15, 0.2) is 59.5 Å². The highest BCUT2D eigenvalue weighted by Gasteiger charge is 2.44. The van der Waals surface area contributed by atoms with Crippen LogP contribution in [0.1, 0.15) is 74.2 Å². The molecule has 3 fully saturated rings. The minimum Gasteiger partial charge on any atom is -0.381 e. The van der Waals surface area contributed by atoms with E-state index in [9.17, 15) is 14.4 Å². The number of nitrogens with zero attached hydrogens (tertiary/aromatic N) is 1. The Morgan fingerprint density at radius 2 is 1.62 bits per heavy atom. The predicted molar refractivity (Wildman–Crippen MR) is 179 cm³/mol. The van der Waals surface area contributed by atoms with Crippen LogP contribution >= 0.6 is 11.8 Å². The van der Waals surface area contributed by atoms with Gasteiger partial charge in [-0.15, -0.1) is 11.8 Å². The average molecular weight is 635 g/mol. The van der Waals surface area contributed by atoms with Gasteiger partial charge < -0.3 is 25.6 Å². The van der Waals surface area contributed by atoms with E-state index >= 15 is 0 Å². The molecule has 45 heavy (non-hydrogen) atoms. The zero-order chi connectivity index (χ0) is 31.5. The molecule has 0 spiro atoms. The zero-order valence-corrected chi connectivity index (χ0v) is 27.5. The van der Waals surface area contributed by atoms with Crippen LogP contribution in [-0.4, -0.2) is 79.3 Å². The van der Waals surface area contributed by atoms with Gasteiger partial charge in [-0.3, -0.25) is 14.4 Å². The standard InChI is InChI=1S/C36H50N4O4S/c1-2-45-31-12-10-30(11-13-31)33(41)39-36(18-6-7-19-36)35(43)38-32(24-27-8-4-3-5-9-27)34(42)37-25-28-14-20-40(21-15-28)26-29-16-22-44-23-17-29/h3-5,8-13,28-29,32H,2,6-7,14-26H2,1H3,(H,37,42)(H,38,43)(H,39,41)/t32-/m1/s1. The molecule has 0 bridgehead atoms. The Morgan fingerprint density at radius 1 is 0.933 bits per heavy atom. The van der Waals surface area contributed by atoms with Crippen LogP contribution in [0.5, 0.6) is 0 Å². The maximum Gasteiger partial charge on any atom is 0.252 e. The fourth-order valence-corrected chi connectivity index (χ4v) is 7.60. The van der Waals surface area contributed by atoms with Crippen molar-refractivity contribution in [2.45, 2.75) is 81.2 Å². The number of thioether (sulfide) groups is 1. The summed E-state index contributed by atoms with van der Waals surface area (Å²) in [6.07, 6.45) is 7.63. The Kier molecular flexibility index (Phi) is 12.4. The molecule has 0 unspecified atom stereocenters. The van der Waals surface area contributed by atoms with E-state index in [0.717, 1.165) is 93.5 Å². The lowest BCUT2D eigenvalue weighted by Gasteiger charge is -2.35. The first-order valence-electron chi connectivity index (χ1n) is 16.9. The first-order valence-corrected chi connectivity index (χ1v) is 17.9. The van der Waals surface area contributed by atoms with Crippen molar-refractivity contribution in [2.24, 2.45) is 11.8 Å². The second-order valence-electron chi connectivity index (χ2n) is 13.0. The van der Waals surface area contributed by atoms with Crippen molar-refractivity contribution in [3.63, 3.8) is 0 Å². The molecule has 3 aliphatic rings. The Labute approximate surface area is 272 Å². The molecule has 5 rings (SSSR count). The van der Waals surface area contributed by atoms with Gasteiger partial charge >= 0.3 is 0 Å². The zero-order valence-electron chi connectivity index (χ0n) is 26.7. The number of carbonyl (C=O) groups excluding carboxylic acids is 3. The summed E-state index contributed by atoms with van der Waals surface area (Å²) in [5, 5.41) is 9.35. The summed E-state index contributed by atoms with van der Waals surface area (Å²) in [5.41, 5.74) is 0.487. The van der Waals surface area contributed by atoms with Crippen molar-refractivity contribution >= 4 is 29.5 Å². The van der Waals surface area contributed by atoms with Crippen LogP contribution in [-0.2, 0) is 20.7 Å². The first-order chi connectivity index (χ1) is 21.9. The lowest BCUT2D eigenvalue weighted by Crippen LogP contribution is -2.61. The summed E-state index contributed by atoms with van der Waals surface area (Å²) in [5.74, 6) is 1.42. The smallest absolute Gasteiger partial charge is 0.252 e. The number of likely N-dealkylation sites (tertiary alicyclic amines) is 1. The highest BCUT2D eigenvalue weighted by molar-refractivity contribution is 7.99. The van der Waals surface area contributed by atoms with Gasteiger partial charge in [-0.25, -0.2) is 0 Å². The second-order valence-corrected chi connectivity index (χ2v) is 14.3.